The summed E-state index contributed by atoms with van der Waals surface area (Å²) in [5.41, 5.74) is 4.32. The summed E-state index contributed by atoms with van der Waals surface area (Å²) in [6, 6.07) is 7.83. The Kier molecular flexibility index (Phi) is 5.64. The van der Waals surface area contributed by atoms with Crippen molar-refractivity contribution in [3.63, 3.8) is 0 Å². The Morgan fingerprint density at radius 3 is 2.85 bits per heavy atom. The van der Waals surface area contributed by atoms with Crippen LogP contribution in [-0.4, -0.2) is 62.9 Å². The van der Waals surface area contributed by atoms with Gasteiger partial charge in [0.15, 0.2) is 0 Å². The van der Waals surface area contributed by atoms with Crippen LogP contribution in [0, 0.1) is 5.82 Å². The number of β-amino-alcohol motifs (C(OH)–C–C–N with tert-alkyl or cyclic N) is 1. The average molecular weight is 451 g/mol. The molecule has 1 saturated heterocycles. The molecule has 3 atom stereocenters. The minimum Gasteiger partial charge on any atom is -0.496 e. The van der Waals surface area contributed by atoms with E-state index in [1.807, 2.05) is 17.0 Å². The summed E-state index contributed by atoms with van der Waals surface area (Å²) in [5, 5.41) is 20.4. The van der Waals surface area contributed by atoms with Crippen molar-refractivity contribution in [2.45, 2.75) is 43.9 Å². The minimum absolute atomic E-state index is 0.0987. The van der Waals surface area contributed by atoms with Crippen LogP contribution in [-0.2, 0) is 4.79 Å². The summed E-state index contributed by atoms with van der Waals surface area (Å²) in [4.78, 5) is 21.4. The molecule has 8 heteroatoms. The number of nitrogens with one attached hydrogen (secondary N) is 1. The molecule has 2 aliphatic rings. The lowest BCUT2D eigenvalue weighted by atomic mass is 9.91. The van der Waals surface area contributed by atoms with Crippen molar-refractivity contribution in [3.8, 4) is 16.9 Å². The smallest absolute Gasteiger partial charge is 0.321 e. The molecule has 1 unspecified atom stereocenters. The molecular formula is C25H26FN3O4. The standard InChI is InChI=1S/C25H26FN3O4/c1-33-23-7-4-15(26)10-19(23)18-8-9-27-24-20(18)12-21(28-24)14-2-5-16(6-3-14)29-13-17(30)11-22(29)25(31)32/h2,4,7-10,12,16-17,22,30H,3,5-6,11,13H2,1H3,(H,27,28)(H,31,32)/t16?,17-,22+/m1/s1. The van der Waals surface area contributed by atoms with Crippen molar-refractivity contribution in [2.75, 3.05) is 13.7 Å². The number of methoxy groups -OCH3 is 1. The first-order valence-electron chi connectivity index (χ1n) is 11.1. The number of hydrogen-bond donors (Lipinski definition) is 3. The van der Waals surface area contributed by atoms with Crippen LogP contribution >= 0.6 is 0 Å². The normalized spacial score (nSPS) is 23.6. The summed E-state index contributed by atoms with van der Waals surface area (Å²) in [5.74, 6) is -0.616. The van der Waals surface area contributed by atoms with Crippen molar-refractivity contribution in [1.82, 2.24) is 14.9 Å². The van der Waals surface area contributed by atoms with Crippen molar-refractivity contribution in [1.29, 1.82) is 0 Å². The second-order valence-corrected chi connectivity index (χ2v) is 8.75. The number of aliphatic hydroxyl groups is 1. The molecule has 1 aliphatic carbocycles. The molecule has 172 valence electrons. The van der Waals surface area contributed by atoms with Gasteiger partial charge in [0.25, 0.3) is 0 Å². The molecule has 3 N–H and O–H groups in total. The number of ether oxygens (including phenoxy) is 1. The highest BCUT2D eigenvalue weighted by molar-refractivity contribution is 5.96. The number of carboxylic acids is 1. The lowest BCUT2D eigenvalue weighted by Crippen LogP contribution is -2.43. The van der Waals surface area contributed by atoms with Crippen molar-refractivity contribution < 1.29 is 24.1 Å². The Balaban J connectivity index is 1.44. The Morgan fingerprint density at radius 2 is 2.12 bits per heavy atom. The van der Waals surface area contributed by atoms with Gasteiger partial charge < -0.3 is 19.9 Å². The molecule has 0 radical (unpaired) electrons. The van der Waals surface area contributed by atoms with E-state index in [9.17, 15) is 19.4 Å². The molecular weight excluding hydrogens is 425 g/mol. The maximum absolute atomic E-state index is 14.0. The van der Waals surface area contributed by atoms with Crippen LogP contribution < -0.4 is 4.74 Å². The van der Waals surface area contributed by atoms with E-state index in [1.54, 1.807) is 19.4 Å². The zero-order valence-corrected chi connectivity index (χ0v) is 18.3. The number of fused-ring (bicyclic) bond motifs is 1. The second-order valence-electron chi connectivity index (χ2n) is 8.75. The molecule has 5 rings (SSSR count). The van der Waals surface area contributed by atoms with E-state index in [0.29, 0.717) is 23.5 Å². The number of rotatable bonds is 5. The number of aliphatic carboxylic acids is 1. The number of aromatic amines is 1. The maximum atomic E-state index is 14.0. The lowest BCUT2D eigenvalue weighted by molar-refractivity contribution is -0.143. The van der Waals surface area contributed by atoms with E-state index in [2.05, 4.69) is 16.0 Å². The quantitative estimate of drug-likeness (QED) is 0.545. The van der Waals surface area contributed by atoms with Crippen LogP contribution in [0.25, 0.3) is 27.7 Å². The van der Waals surface area contributed by atoms with Gasteiger partial charge >= 0.3 is 5.97 Å². The number of pyridine rings is 1. The molecule has 0 spiro atoms. The molecule has 0 bridgehead atoms. The van der Waals surface area contributed by atoms with E-state index in [1.165, 1.54) is 12.1 Å². The topological polar surface area (TPSA) is 98.7 Å². The third-order valence-electron chi connectivity index (χ3n) is 6.78. The number of carbonyl (C=O) groups is 1. The fourth-order valence-corrected chi connectivity index (χ4v) is 5.18. The molecule has 33 heavy (non-hydrogen) atoms. The molecule has 3 heterocycles. The van der Waals surface area contributed by atoms with Gasteiger partial charge in [0.2, 0.25) is 0 Å². The first kappa shape index (κ1) is 21.6. The van der Waals surface area contributed by atoms with Gasteiger partial charge in [-0.3, -0.25) is 9.69 Å². The number of allylic oxidation sites excluding steroid dienone is 1. The number of aromatic nitrogens is 2. The van der Waals surface area contributed by atoms with Crippen LogP contribution in [0.3, 0.4) is 0 Å². The lowest BCUT2D eigenvalue weighted by Gasteiger charge is -2.33. The molecule has 3 aromatic rings. The number of nitrogens with zero attached hydrogens (tertiary/aromatic N) is 2. The maximum Gasteiger partial charge on any atom is 0.321 e. The van der Waals surface area contributed by atoms with Crippen molar-refractivity contribution >= 4 is 22.6 Å². The molecule has 0 amide bonds. The van der Waals surface area contributed by atoms with E-state index in [0.717, 1.165) is 41.5 Å². The number of hydrogen-bond acceptors (Lipinski definition) is 5. The Labute approximate surface area is 190 Å². The van der Waals surface area contributed by atoms with E-state index in [4.69, 9.17) is 4.74 Å². The Morgan fingerprint density at radius 1 is 1.27 bits per heavy atom. The highest BCUT2D eigenvalue weighted by Crippen LogP contribution is 2.38. The molecule has 0 saturated carbocycles. The number of carboxylic acid groups (broad SMARTS) is 1. The van der Waals surface area contributed by atoms with Crippen LogP contribution in [0.1, 0.15) is 31.4 Å². The zero-order valence-electron chi connectivity index (χ0n) is 18.3. The summed E-state index contributed by atoms with van der Waals surface area (Å²) in [6.45, 7) is 0.403. The summed E-state index contributed by atoms with van der Waals surface area (Å²) >= 11 is 0. The fourth-order valence-electron chi connectivity index (χ4n) is 5.18. The van der Waals surface area contributed by atoms with Gasteiger partial charge in [0.05, 0.1) is 13.2 Å². The van der Waals surface area contributed by atoms with Crippen LogP contribution in [0.5, 0.6) is 5.75 Å². The molecule has 2 aromatic heterocycles. The van der Waals surface area contributed by atoms with E-state index in [-0.39, 0.29) is 18.3 Å². The van der Waals surface area contributed by atoms with E-state index < -0.39 is 18.1 Å². The predicted molar refractivity (Wildman–Crippen MR) is 122 cm³/mol. The van der Waals surface area contributed by atoms with Gasteiger partial charge in [-0.1, -0.05) is 6.08 Å². The minimum atomic E-state index is -0.872. The SMILES string of the molecule is COc1ccc(F)cc1-c1ccnc2[nH]c(C3=CCC(N4C[C@H](O)C[C@H]4C(=O)O)CC3)cc12. The van der Waals surface area contributed by atoms with Crippen molar-refractivity contribution in [3.05, 3.63) is 54.1 Å². The largest absolute Gasteiger partial charge is 0.496 e. The Hall–Kier alpha value is -3.23. The van der Waals surface area contributed by atoms with Gasteiger partial charge in [-0.25, -0.2) is 9.37 Å². The Bertz CT molecular complexity index is 1240. The van der Waals surface area contributed by atoms with Gasteiger partial charge in [-0.2, -0.15) is 0 Å². The summed E-state index contributed by atoms with van der Waals surface area (Å²) < 4.78 is 19.4. The molecule has 7 nitrogen and oxygen atoms in total. The number of aliphatic hydroxyl groups excluding tert-OH is 1. The predicted octanol–water partition coefficient (Wildman–Crippen LogP) is 3.83. The number of H-pyrrole nitrogens is 1. The van der Waals surface area contributed by atoms with Gasteiger partial charge in [-0.05, 0) is 60.7 Å². The number of likely N-dealkylation sites (tertiary alicyclic amines) is 1. The average Bonchev–Trinajstić information content (AvgIpc) is 3.43. The number of halogens is 1. The third-order valence-corrected chi connectivity index (χ3v) is 6.78. The molecule has 1 fully saturated rings. The number of benzene rings is 1. The first-order chi connectivity index (χ1) is 15.9. The molecule has 1 aliphatic heterocycles. The van der Waals surface area contributed by atoms with Crippen molar-refractivity contribution in [2.24, 2.45) is 0 Å². The van der Waals surface area contributed by atoms with Gasteiger partial charge in [0.1, 0.15) is 23.3 Å². The monoisotopic (exact) mass is 451 g/mol. The molecule has 1 aromatic carbocycles. The third kappa shape index (κ3) is 4.00. The second kappa shape index (κ2) is 8.61. The van der Waals surface area contributed by atoms with E-state index >= 15 is 0 Å². The summed E-state index contributed by atoms with van der Waals surface area (Å²) in [6.07, 6.45) is 5.85. The first-order valence-corrected chi connectivity index (χ1v) is 11.1. The highest BCUT2D eigenvalue weighted by Gasteiger charge is 2.40. The summed E-state index contributed by atoms with van der Waals surface area (Å²) in [7, 11) is 1.56. The van der Waals surface area contributed by atoms with Gasteiger partial charge in [0, 0.05) is 41.8 Å². The van der Waals surface area contributed by atoms with Crippen LogP contribution in [0.4, 0.5) is 4.39 Å². The van der Waals surface area contributed by atoms with Crippen LogP contribution in [0.2, 0.25) is 0 Å². The van der Waals surface area contributed by atoms with Gasteiger partial charge in [-0.15, -0.1) is 0 Å². The highest BCUT2D eigenvalue weighted by atomic mass is 19.1. The fraction of sp³-hybridized carbons (Fsp3) is 0.360. The van der Waals surface area contributed by atoms with Crippen LogP contribution in [0.15, 0.2) is 42.6 Å². The zero-order chi connectivity index (χ0) is 23.1.